The van der Waals surface area contributed by atoms with Crippen LogP contribution in [0.1, 0.15) is 29.6 Å². The Hall–Kier alpha value is -1.83. The van der Waals surface area contributed by atoms with Gasteiger partial charge in [0.2, 0.25) is 5.91 Å². The summed E-state index contributed by atoms with van der Waals surface area (Å²) in [4.78, 5) is 22.6. The molecule has 1 aliphatic carbocycles. The van der Waals surface area contributed by atoms with Gasteiger partial charge in [0, 0.05) is 19.0 Å². The minimum atomic E-state index is -0.619. The molecule has 1 heterocycles. The topological polar surface area (TPSA) is 123 Å². The molecule has 1 saturated carbocycles. The van der Waals surface area contributed by atoms with E-state index in [9.17, 15) is 9.59 Å². The lowest BCUT2D eigenvalue weighted by molar-refractivity contribution is -0.120. The number of nitrogens with one attached hydrogen (secondary N) is 2. The first-order valence-electron chi connectivity index (χ1n) is 5.66. The van der Waals surface area contributed by atoms with Crippen LogP contribution in [0.15, 0.2) is 0 Å². The number of hydrogen-bond acceptors (Lipinski definition) is 6. The van der Waals surface area contributed by atoms with E-state index in [4.69, 9.17) is 11.5 Å². The summed E-state index contributed by atoms with van der Waals surface area (Å²) in [7, 11) is 0. The van der Waals surface area contributed by atoms with Gasteiger partial charge in [0.25, 0.3) is 5.91 Å². The Bertz CT molecular complexity index is 469. The maximum absolute atomic E-state index is 11.4. The summed E-state index contributed by atoms with van der Waals surface area (Å²) in [6, 6.07) is 0.359. The summed E-state index contributed by atoms with van der Waals surface area (Å²) in [6.45, 7) is 0.417. The van der Waals surface area contributed by atoms with Gasteiger partial charge in [-0.2, -0.15) is 4.37 Å². The van der Waals surface area contributed by atoms with E-state index in [1.807, 2.05) is 0 Å². The molecule has 0 bridgehead atoms. The molecule has 0 spiro atoms. The maximum atomic E-state index is 11.4. The summed E-state index contributed by atoms with van der Waals surface area (Å²) >= 11 is 1.06. The molecule has 1 aromatic rings. The molecule has 98 valence electrons. The van der Waals surface area contributed by atoms with Gasteiger partial charge in [-0.05, 0) is 24.4 Å². The van der Waals surface area contributed by atoms with Gasteiger partial charge in [0.05, 0.1) is 0 Å². The van der Waals surface area contributed by atoms with Crippen molar-refractivity contribution in [3.05, 3.63) is 5.56 Å². The minimum Gasteiger partial charge on any atom is -0.382 e. The van der Waals surface area contributed by atoms with E-state index in [0.29, 0.717) is 24.0 Å². The molecule has 6 N–H and O–H groups in total. The molecule has 0 saturated heterocycles. The van der Waals surface area contributed by atoms with Gasteiger partial charge >= 0.3 is 0 Å². The molecule has 0 aromatic carbocycles. The maximum Gasteiger partial charge on any atom is 0.255 e. The number of aromatic nitrogens is 1. The molecule has 1 fully saturated rings. The fourth-order valence-electron chi connectivity index (χ4n) is 1.48. The number of carbonyl (C=O) groups is 2. The van der Waals surface area contributed by atoms with Crippen molar-refractivity contribution in [2.75, 3.05) is 17.6 Å². The number of rotatable bonds is 6. The quantitative estimate of drug-likeness (QED) is 0.574. The Morgan fingerprint density at radius 2 is 2.17 bits per heavy atom. The van der Waals surface area contributed by atoms with Crippen molar-refractivity contribution >= 4 is 34.2 Å². The number of hydrogen-bond donors (Lipinski definition) is 4. The third-order valence-electron chi connectivity index (χ3n) is 2.54. The van der Waals surface area contributed by atoms with Crippen LogP contribution in [0.2, 0.25) is 0 Å². The first-order chi connectivity index (χ1) is 8.58. The van der Waals surface area contributed by atoms with Crippen LogP contribution in [0.25, 0.3) is 0 Å². The predicted octanol–water partition coefficient (Wildman–Crippen LogP) is -0.0952. The van der Waals surface area contributed by atoms with Crippen LogP contribution < -0.4 is 22.1 Å². The molecular weight excluding hydrogens is 254 g/mol. The molecule has 1 aromatic heterocycles. The van der Waals surface area contributed by atoms with E-state index in [2.05, 4.69) is 15.0 Å². The number of anilines is 2. The number of carbonyl (C=O) groups excluding carboxylic acids is 2. The zero-order valence-corrected chi connectivity index (χ0v) is 10.5. The molecule has 0 unspecified atom stereocenters. The minimum absolute atomic E-state index is 0.00288. The normalized spacial score (nSPS) is 14.2. The number of nitrogen functional groups attached to an aromatic ring is 1. The number of nitrogens with zero attached hydrogens (tertiary/aromatic N) is 1. The van der Waals surface area contributed by atoms with Gasteiger partial charge in [0.1, 0.15) is 10.6 Å². The fourth-order valence-corrected chi connectivity index (χ4v) is 2.22. The summed E-state index contributed by atoms with van der Waals surface area (Å²) in [5.74, 6) is -0.494. The van der Waals surface area contributed by atoms with E-state index in [-0.39, 0.29) is 17.3 Å². The SMILES string of the molecule is NC(=O)c1c(N)nsc1NCCC(=O)NC1CC1. The number of amides is 2. The summed E-state index contributed by atoms with van der Waals surface area (Å²) < 4.78 is 3.85. The van der Waals surface area contributed by atoms with Crippen LogP contribution in [-0.4, -0.2) is 28.8 Å². The van der Waals surface area contributed by atoms with E-state index in [1.165, 1.54) is 0 Å². The average Bonchev–Trinajstić information content (AvgIpc) is 3.01. The lowest BCUT2D eigenvalue weighted by Gasteiger charge is -2.05. The monoisotopic (exact) mass is 269 g/mol. The molecule has 18 heavy (non-hydrogen) atoms. The second-order valence-electron chi connectivity index (χ2n) is 4.15. The van der Waals surface area contributed by atoms with Crippen molar-refractivity contribution in [3.63, 3.8) is 0 Å². The molecule has 2 amide bonds. The van der Waals surface area contributed by atoms with Gasteiger partial charge < -0.3 is 22.1 Å². The van der Waals surface area contributed by atoms with Crippen LogP contribution in [0, 0.1) is 0 Å². The number of primary amides is 1. The molecule has 0 atom stereocenters. The Balaban J connectivity index is 1.82. The van der Waals surface area contributed by atoms with Crippen molar-refractivity contribution in [1.29, 1.82) is 0 Å². The average molecular weight is 269 g/mol. The zero-order valence-electron chi connectivity index (χ0n) is 9.73. The van der Waals surface area contributed by atoms with Crippen LogP contribution in [0.5, 0.6) is 0 Å². The van der Waals surface area contributed by atoms with Gasteiger partial charge in [0.15, 0.2) is 5.82 Å². The third kappa shape index (κ3) is 3.10. The second kappa shape index (κ2) is 5.21. The Labute approximate surface area is 108 Å². The highest BCUT2D eigenvalue weighted by atomic mass is 32.1. The standard InChI is InChI=1S/C10H15N5O2S/c11-8-7(9(12)17)10(18-15-8)13-4-3-6(16)14-5-1-2-5/h5,13H,1-4H2,(H2,11,15)(H2,12,17)(H,14,16). The van der Waals surface area contributed by atoms with E-state index >= 15 is 0 Å². The van der Waals surface area contributed by atoms with E-state index < -0.39 is 5.91 Å². The highest BCUT2D eigenvalue weighted by Crippen LogP contribution is 2.26. The molecule has 0 aliphatic heterocycles. The van der Waals surface area contributed by atoms with Crippen molar-refractivity contribution < 1.29 is 9.59 Å². The Kier molecular flexibility index (Phi) is 3.66. The van der Waals surface area contributed by atoms with Crippen LogP contribution in [-0.2, 0) is 4.79 Å². The molecule has 1 aliphatic rings. The lowest BCUT2D eigenvalue weighted by atomic mass is 10.3. The van der Waals surface area contributed by atoms with Gasteiger partial charge in [-0.1, -0.05) is 0 Å². The molecule has 8 heteroatoms. The molecular formula is C10H15N5O2S. The van der Waals surface area contributed by atoms with Crippen molar-refractivity contribution in [2.24, 2.45) is 5.73 Å². The summed E-state index contributed by atoms with van der Waals surface area (Å²) in [6.07, 6.45) is 2.47. The highest BCUT2D eigenvalue weighted by Gasteiger charge is 2.23. The number of nitrogens with two attached hydrogens (primary N) is 2. The highest BCUT2D eigenvalue weighted by molar-refractivity contribution is 7.11. The third-order valence-corrected chi connectivity index (χ3v) is 3.36. The largest absolute Gasteiger partial charge is 0.382 e. The van der Waals surface area contributed by atoms with Gasteiger partial charge in [-0.15, -0.1) is 0 Å². The van der Waals surface area contributed by atoms with Crippen LogP contribution >= 0.6 is 11.5 Å². The van der Waals surface area contributed by atoms with Crippen molar-refractivity contribution in [2.45, 2.75) is 25.3 Å². The Morgan fingerprint density at radius 1 is 1.44 bits per heavy atom. The first kappa shape index (κ1) is 12.6. The molecule has 7 nitrogen and oxygen atoms in total. The van der Waals surface area contributed by atoms with Crippen molar-refractivity contribution in [3.8, 4) is 0 Å². The van der Waals surface area contributed by atoms with E-state index in [0.717, 1.165) is 24.4 Å². The Morgan fingerprint density at radius 3 is 2.78 bits per heavy atom. The predicted molar refractivity (Wildman–Crippen MR) is 69.3 cm³/mol. The zero-order chi connectivity index (χ0) is 13.1. The fraction of sp³-hybridized carbons (Fsp3) is 0.500. The summed E-state index contributed by atoms with van der Waals surface area (Å²) in [5.41, 5.74) is 10.9. The first-order valence-corrected chi connectivity index (χ1v) is 6.43. The van der Waals surface area contributed by atoms with Gasteiger partial charge in [-0.3, -0.25) is 9.59 Å². The van der Waals surface area contributed by atoms with Crippen LogP contribution in [0.3, 0.4) is 0 Å². The second-order valence-corrected chi connectivity index (χ2v) is 4.93. The smallest absolute Gasteiger partial charge is 0.255 e. The van der Waals surface area contributed by atoms with Gasteiger partial charge in [-0.25, -0.2) is 0 Å². The summed E-state index contributed by atoms with van der Waals surface area (Å²) in [5, 5.41) is 6.34. The van der Waals surface area contributed by atoms with Crippen molar-refractivity contribution in [1.82, 2.24) is 9.69 Å². The molecule has 0 radical (unpaired) electrons. The van der Waals surface area contributed by atoms with E-state index in [1.54, 1.807) is 0 Å². The lowest BCUT2D eigenvalue weighted by Crippen LogP contribution is -2.27. The molecule has 2 rings (SSSR count). The van der Waals surface area contributed by atoms with Crippen LogP contribution in [0.4, 0.5) is 10.8 Å².